The van der Waals surface area contributed by atoms with E-state index in [9.17, 15) is 9.59 Å². The third kappa shape index (κ3) is 16.5. The Morgan fingerprint density at radius 1 is 1.09 bits per heavy atom. The number of carbonyl (C=O) groups is 2. The first-order valence-electron chi connectivity index (χ1n) is 7.53. The van der Waals surface area contributed by atoms with Crippen LogP contribution in [-0.2, 0) is 19.1 Å². The van der Waals surface area contributed by atoms with E-state index in [1.807, 2.05) is 20.8 Å². The van der Waals surface area contributed by atoms with Crippen molar-refractivity contribution in [2.24, 2.45) is 11.1 Å². The Bertz CT molecular complexity index is 396. The fourth-order valence-electron chi connectivity index (χ4n) is 1.32. The standard InChI is InChI=1S/C10H19NO2.C7H12O3/c1-8(7-10(2,3)4)9(12)13-6-5-11;1-6(2)7(9)10-5-3-4-8/h1,5-7,11H2,2-4H3;8H,1,3-5H2,2H3. The van der Waals surface area contributed by atoms with Crippen LogP contribution in [0.5, 0.6) is 0 Å². The van der Waals surface area contributed by atoms with Gasteiger partial charge in [0.1, 0.15) is 6.61 Å². The molecule has 0 amide bonds. The van der Waals surface area contributed by atoms with Crippen LogP contribution >= 0.6 is 0 Å². The molecule has 0 saturated carbocycles. The maximum atomic E-state index is 11.2. The summed E-state index contributed by atoms with van der Waals surface area (Å²) < 4.78 is 9.48. The molecule has 0 heterocycles. The molecule has 0 rings (SSSR count). The zero-order valence-corrected chi connectivity index (χ0v) is 14.8. The molecule has 0 aromatic rings. The van der Waals surface area contributed by atoms with Crippen molar-refractivity contribution in [1.82, 2.24) is 0 Å². The van der Waals surface area contributed by atoms with Gasteiger partial charge in [-0.3, -0.25) is 0 Å². The fraction of sp³-hybridized carbons (Fsp3) is 0.647. The number of ether oxygens (including phenoxy) is 2. The van der Waals surface area contributed by atoms with Gasteiger partial charge in [-0.15, -0.1) is 0 Å². The molecule has 0 aliphatic rings. The molecule has 0 bridgehead atoms. The van der Waals surface area contributed by atoms with Crippen LogP contribution in [0.2, 0.25) is 0 Å². The van der Waals surface area contributed by atoms with Gasteiger partial charge >= 0.3 is 11.9 Å². The fourth-order valence-corrected chi connectivity index (χ4v) is 1.32. The van der Waals surface area contributed by atoms with E-state index in [0.717, 1.165) is 0 Å². The minimum Gasteiger partial charge on any atom is -0.462 e. The van der Waals surface area contributed by atoms with Crippen LogP contribution in [0.4, 0.5) is 0 Å². The van der Waals surface area contributed by atoms with Gasteiger partial charge in [-0.1, -0.05) is 33.9 Å². The normalized spacial score (nSPS) is 10.2. The second kappa shape index (κ2) is 12.8. The average Bonchev–Trinajstić information content (AvgIpc) is 2.43. The lowest BCUT2D eigenvalue weighted by molar-refractivity contribution is -0.140. The lowest BCUT2D eigenvalue weighted by atomic mass is 9.88. The molecule has 0 unspecified atom stereocenters. The molecule has 0 fully saturated rings. The summed E-state index contributed by atoms with van der Waals surface area (Å²) in [5.41, 5.74) is 6.17. The third-order valence-corrected chi connectivity index (χ3v) is 2.27. The first-order valence-corrected chi connectivity index (χ1v) is 7.53. The number of carbonyl (C=O) groups excluding carboxylic acids is 2. The molecule has 6 heteroatoms. The van der Waals surface area contributed by atoms with Crippen molar-refractivity contribution >= 4 is 11.9 Å². The molecular formula is C17H31NO5. The second-order valence-electron chi connectivity index (χ2n) is 6.26. The van der Waals surface area contributed by atoms with Gasteiger partial charge in [0, 0.05) is 30.7 Å². The summed E-state index contributed by atoms with van der Waals surface area (Å²) in [6.45, 7) is 15.7. The molecular weight excluding hydrogens is 298 g/mol. The van der Waals surface area contributed by atoms with E-state index in [0.29, 0.717) is 30.5 Å². The van der Waals surface area contributed by atoms with Crippen LogP contribution in [0.1, 0.15) is 40.5 Å². The second-order valence-corrected chi connectivity index (χ2v) is 6.26. The molecule has 3 N–H and O–H groups in total. The minimum absolute atomic E-state index is 0.0451. The Labute approximate surface area is 139 Å². The number of aliphatic hydroxyl groups is 1. The maximum absolute atomic E-state index is 11.2. The van der Waals surface area contributed by atoms with Crippen LogP contribution in [-0.4, -0.2) is 43.4 Å². The van der Waals surface area contributed by atoms with Crippen LogP contribution in [0, 0.1) is 5.41 Å². The number of hydrogen-bond acceptors (Lipinski definition) is 6. The van der Waals surface area contributed by atoms with Crippen molar-refractivity contribution in [2.75, 3.05) is 26.4 Å². The Balaban J connectivity index is 0. The molecule has 0 aromatic carbocycles. The van der Waals surface area contributed by atoms with Gasteiger partial charge < -0.3 is 20.3 Å². The Hall–Kier alpha value is -1.66. The van der Waals surface area contributed by atoms with Gasteiger partial charge in [0.25, 0.3) is 0 Å². The van der Waals surface area contributed by atoms with Gasteiger partial charge in [0.15, 0.2) is 0 Å². The molecule has 23 heavy (non-hydrogen) atoms. The number of hydrogen-bond donors (Lipinski definition) is 2. The van der Waals surface area contributed by atoms with E-state index in [-0.39, 0.29) is 31.2 Å². The van der Waals surface area contributed by atoms with Gasteiger partial charge in [-0.05, 0) is 18.8 Å². The van der Waals surface area contributed by atoms with Gasteiger partial charge in [-0.25, -0.2) is 9.59 Å². The number of esters is 2. The van der Waals surface area contributed by atoms with E-state index >= 15 is 0 Å². The summed E-state index contributed by atoms with van der Waals surface area (Å²) in [5.74, 6) is -0.728. The topological polar surface area (TPSA) is 98.8 Å². The van der Waals surface area contributed by atoms with Crippen LogP contribution in [0.15, 0.2) is 24.3 Å². The summed E-state index contributed by atoms with van der Waals surface area (Å²) in [5, 5.41) is 8.30. The first-order chi connectivity index (χ1) is 10.5. The van der Waals surface area contributed by atoms with Gasteiger partial charge in [-0.2, -0.15) is 0 Å². The van der Waals surface area contributed by atoms with E-state index < -0.39 is 5.97 Å². The van der Waals surface area contributed by atoms with Crippen LogP contribution < -0.4 is 5.73 Å². The van der Waals surface area contributed by atoms with E-state index in [2.05, 4.69) is 17.9 Å². The number of rotatable bonds is 8. The van der Waals surface area contributed by atoms with Gasteiger partial charge in [0.2, 0.25) is 0 Å². The highest BCUT2D eigenvalue weighted by Gasteiger charge is 2.17. The Kier molecular flexibility index (Phi) is 13.2. The Morgan fingerprint density at radius 3 is 2.00 bits per heavy atom. The smallest absolute Gasteiger partial charge is 0.333 e. The van der Waals surface area contributed by atoms with Crippen molar-refractivity contribution in [2.45, 2.75) is 40.5 Å². The predicted molar refractivity (Wildman–Crippen MR) is 90.7 cm³/mol. The lowest BCUT2D eigenvalue weighted by Crippen LogP contribution is -2.17. The number of aliphatic hydroxyl groups excluding tert-OH is 1. The molecule has 0 atom stereocenters. The molecule has 0 aromatic heterocycles. The van der Waals surface area contributed by atoms with Crippen LogP contribution in [0.25, 0.3) is 0 Å². The zero-order valence-electron chi connectivity index (χ0n) is 14.8. The summed E-state index contributed by atoms with van der Waals surface area (Å²) in [7, 11) is 0. The summed E-state index contributed by atoms with van der Waals surface area (Å²) in [6, 6.07) is 0. The predicted octanol–water partition coefficient (Wildman–Crippen LogP) is 1.97. The minimum atomic E-state index is -0.395. The maximum Gasteiger partial charge on any atom is 0.333 e. The highest BCUT2D eigenvalue weighted by atomic mass is 16.5. The molecule has 6 nitrogen and oxygen atoms in total. The lowest BCUT2D eigenvalue weighted by Gasteiger charge is -2.18. The van der Waals surface area contributed by atoms with E-state index in [1.54, 1.807) is 6.92 Å². The molecule has 0 aliphatic carbocycles. The Morgan fingerprint density at radius 2 is 1.61 bits per heavy atom. The van der Waals surface area contributed by atoms with Crippen molar-refractivity contribution in [3.05, 3.63) is 24.3 Å². The third-order valence-electron chi connectivity index (χ3n) is 2.27. The molecule has 0 saturated heterocycles. The molecule has 0 aliphatic heterocycles. The quantitative estimate of drug-likeness (QED) is 0.401. The zero-order chi connectivity index (χ0) is 18.5. The molecule has 134 valence electrons. The summed E-state index contributed by atoms with van der Waals surface area (Å²) in [4.78, 5) is 21.8. The molecule has 0 radical (unpaired) electrons. The average molecular weight is 329 g/mol. The number of nitrogens with two attached hydrogens (primary N) is 1. The largest absolute Gasteiger partial charge is 0.462 e. The van der Waals surface area contributed by atoms with Crippen molar-refractivity contribution in [1.29, 1.82) is 0 Å². The van der Waals surface area contributed by atoms with E-state index in [1.165, 1.54) is 0 Å². The van der Waals surface area contributed by atoms with E-state index in [4.69, 9.17) is 15.6 Å². The highest BCUT2D eigenvalue weighted by Crippen LogP contribution is 2.23. The molecule has 0 spiro atoms. The monoisotopic (exact) mass is 329 g/mol. The SMILES string of the molecule is C=C(C)C(=O)OCCCO.C=C(CC(C)(C)C)C(=O)OCCN. The first kappa shape index (κ1) is 23.6. The summed E-state index contributed by atoms with van der Waals surface area (Å²) in [6.07, 6.45) is 1.13. The van der Waals surface area contributed by atoms with Crippen molar-refractivity contribution in [3.63, 3.8) is 0 Å². The van der Waals surface area contributed by atoms with Gasteiger partial charge in [0.05, 0.1) is 6.61 Å². The van der Waals surface area contributed by atoms with Crippen molar-refractivity contribution < 1.29 is 24.2 Å². The van der Waals surface area contributed by atoms with Crippen LogP contribution in [0.3, 0.4) is 0 Å². The van der Waals surface area contributed by atoms with Crippen molar-refractivity contribution in [3.8, 4) is 0 Å². The summed E-state index contributed by atoms with van der Waals surface area (Å²) >= 11 is 0. The highest BCUT2D eigenvalue weighted by molar-refractivity contribution is 5.87.